The van der Waals surface area contributed by atoms with Crippen LogP contribution in [-0.4, -0.2) is 18.4 Å². The smallest absolute Gasteiger partial charge is 0.283 e. The molecule has 2 aromatic carbocycles. The Balaban J connectivity index is 1.84. The summed E-state index contributed by atoms with van der Waals surface area (Å²) in [6, 6.07) is 13.9. The van der Waals surface area contributed by atoms with E-state index in [2.05, 4.69) is 21.2 Å². The van der Waals surface area contributed by atoms with Gasteiger partial charge in [-0.2, -0.15) is 0 Å². The van der Waals surface area contributed by atoms with Crippen molar-refractivity contribution < 1.29 is 14.3 Å². The van der Waals surface area contributed by atoms with Gasteiger partial charge in [-0.1, -0.05) is 27.5 Å². The van der Waals surface area contributed by atoms with E-state index in [1.54, 1.807) is 36.4 Å². The Kier molecular flexibility index (Phi) is 5.11. The molecule has 0 aliphatic carbocycles. The molecule has 128 valence electrons. The second-order valence-corrected chi connectivity index (χ2v) is 6.49. The molecule has 7 heteroatoms. The van der Waals surface area contributed by atoms with Gasteiger partial charge in [0.05, 0.1) is 12.3 Å². The maximum Gasteiger partial charge on any atom is 0.283 e. The van der Waals surface area contributed by atoms with Crippen molar-refractivity contribution >= 4 is 50.7 Å². The number of carbonyl (C=O) groups is 2. The summed E-state index contributed by atoms with van der Waals surface area (Å²) in [6.07, 6.45) is 0. The second-order valence-electron chi connectivity index (χ2n) is 5.19. The van der Waals surface area contributed by atoms with Gasteiger partial charge in [0.25, 0.3) is 11.8 Å². The zero-order valence-electron chi connectivity index (χ0n) is 13.3. The van der Waals surface area contributed by atoms with Crippen LogP contribution in [0, 0.1) is 0 Å². The van der Waals surface area contributed by atoms with Crippen molar-refractivity contribution in [3.8, 4) is 5.75 Å². The molecule has 0 saturated carbocycles. The fourth-order valence-electron chi connectivity index (χ4n) is 2.38. The average Bonchev–Trinajstić information content (AvgIpc) is 2.82. The van der Waals surface area contributed by atoms with Gasteiger partial charge in [-0.3, -0.25) is 9.59 Å². The first-order valence-electron chi connectivity index (χ1n) is 7.55. The van der Waals surface area contributed by atoms with E-state index in [4.69, 9.17) is 16.3 Å². The summed E-state index contributed by atoms with van der Waals surface area (Å²) < 4.78 is 6.27. The Bertz CT molecular complexity index is 848. The van der Waals surface area contributed by atoms with E-state index in [-0.39, 0.29) is 10.7 Å². The van der Waals surface area contributed by atoms with E-state index in [9.17, 15) is 9.59 Å². The second kappa shape index (κ2) is 7.29. The third-order valence-electron chi connectivity index (χ3n) is 3.55. The Morgan fingerprint density at radius 2 is 1.68 bits per heavy atom. The Morgan fingerprint density at radius 1 is 1.04 bits per heavy atom. The molecule has 5 nitrogen and oxygen atoms in total. The molecule has 1 N–H and O–H groups in total. The van der Waals surface area contributed by atoms with Crippen LogP contribution in [0.4, 0.5) is 11.4 Å². The molecule has 1 aliphatic rings. The summed E-state index contributed by atoms with van der Waals surface area (Å²) in [5.74, 6) is -0.393. The molecule has 1 aliphatic heterocycles. The van der Waals surface area contributed by atoms with Gasteiger partial charge < -0.3 is 10.1 Å². The molecule has 0 atom stereocenters. The van der Waals surface area contributed by atoms with Gasteiger partial charge in [-0.25, -0.2) is 4.90 Å². The van der Waals surface area contributed by atoms with Crippen molar-refractivity contribution in [2.24, 2.45) is 0 Å². The number of ether oxygens (including phenoxy) is 1. The van der Waals surface area contributed by atoms with Crippen LogP contribution in [0.3, 0.4) is 0 Å². The van der Waals surface area contributed by atoms with Gasteiger partial charge in [-0.05, 0) is 55.5 Å². The van der Waals surface area contributed by atoms with E-state index < -0.39 is 11.8 Å². The standard InChI is InChI=1S/C18H14BrClN2O3/c1-2-25-14-9-7-13(8-10-14)22-17(23)15(20)16(18(22)24)21-12-5-3-11(19)4-6-12/h3-10,21H,2H2,1H3. The number of anilines is 2. The van der Waals surface area contributed by atoms with Crippen molar-refractivity contribution in [3.05, 3.63) is 63.7 Å². The number of nitrogens with one attached hydrogen (secondary N) is 1. The number of hydrogen-bond acceptors (Lipinski definition) is 4. The number of halogens is 2. The maximum absolute atomic E-state index is 12.7. The van der Waals surface area contributed by atoms with Gasteiger partial charge in [-0.15, -0.1) is 0 Å². The van der Waals surface area contributed by atoms with Crippen LogP contribution in [0.25, 0.3) is 0 Å². The van der Waals surface area contributed by atoms with E-state index in [1.807, 2.05) is 19.1 Å². The van der Waals surface area contributed by atoms with Crippen LogP contribution < -0.4 is 15.0 Å². The molecule has 0 aromatic heterocycles. The number of rotatable bonds is 5. The molecule has 2 amide bonds. The van der Waals surface area contributed by atoms with Crippen LogP contribution in [0.1, 0.15) is 6.92 Å². The van der Waals surface area contributed by atoms with Crippen molar-refractivity contribution in [1.82, 2.24) is 0 Å². The molecule has 0 fully saturated rings. The van der Waals surface area contributed by atoms with Gasteiger partial charge in [0.15, 0.2) is 0 Å². The number of carbonyl (C=O) groups excluding carboxylic acids is 2. The van der Waals surface area contributed by atoms with Crippen LogP contribution in [0.5, 0.6) is 5.75 Å². The molecule has 3 rings (SSSR count). The normalized spacial score (nSPS) is 14.3. The van der Waals surface area contributed by atoms with Crippen LogP contribution >= 0.6 is 27.5 Å². The molecule has 0 unspecified atom stereocenters. The molecule has 2 aromatic rings. The first kappa shape index (κ1) is 17.5. The van der Waals surface area contributed by atoms with Gasteiger partial charge >= 0.3 is 0 Å². The highest BCUT2D eigenvalue weighted by molar-refractivity contribution is 9.10. The molecular formula is C18H14BrClN2O3. The van der Waals surface area contributed by atoms with Crippen molar-refractivity contribution in [1.29, 1.82) is 0 Å². The largest absolute Gasteiger partial charge is 0.494 e. The average molecular weight is 422 g/mol. The number of hydrogen-bond donors (Lipinski definition) is 1. The van der Waals surface area contributed by atoms with E-state index in [0.717, 1.165) is 9.37 Å². The summed E-state index contributed by atoms with van der Waals surface area (Å²) in [5.41, 5.74) is 1.15. The first-order valence-corrected chi connectivity index (χ1v) is 8.72. The van der Waals surface area contributed by atoms with Crippen molar-refractivity contribution in [2.45, 2.75) is 6.92 Å². The highest BCUT2D eigenvalue weighted by Gasteiger charge is 2.38. The van der Waals surface area contributed by atoms with Gasteiger partial charge in [0, 0.05) is 10.2 Å². The number of imide groups is 1. The lowest BCUT2D eigenvalue weighted by Gasteiger charge is -2.15. The number of amides is 2. The Labute approximate surface area is 158 Å². The van der Waals surface area contributed by atoms with E-state index >= 15 is 0 Å². The molecule has 0 saturated heterocycles. The summed E-state index contributed by atoms with van der Waals surface area (Å²) >= 11 is 9.44. The van der Waals surface area contributed by atoms with E-state index in [1.165, 1.54) is 0 Å². The Hall–Kier alpha value is -2.31. The summed E-state index contributed by atoms with van der Waals surface area (Å²) in [6.45, 7) is 2.42. The molecule has 25 heavy (non-hydrogen) atoms. The van der Waals surface area contributed by atoms with Crippen molar-refractivity contribution in [3.63, 3.8) is 0 Å². The molecule has 0 radical (unpaired) electrons. The fourth-order valence-corrected chi connectivity index (χ4v) is 2.86. The number of nitrogens with zero attached hydrogens (tertiary/aromatic N) is 1. The molecule has 0 spiro atoms. The zero-order chi connectivity index (χ0) is 18.0. The Morgan fingerprint density at radius 3 is 2.28 bits per heavy atom. The fraction of sp³-hybridized carbons (Fsp3) is 0.111. The molecular weight excluding hydrogens is 408 g/mol. The third-order valence-corrected chi connectivity index (χ3v) is 4.43. The minimum atomic E-state index is -0.560. The molecule has 0 bridgehead atoms. The zero-order valence-corrected chi connectivity index (χ0v) is 15.6. The minimum absolute atomic E-state index is 0.0582. The quantitative estimate of drug-likeness (QED) is 0.732. The predicted octanol–water partition coefficient (Wildman–Crippen LogP) is 4.28. The maximum atomic E-state index is 12.7. The minimum Gasteiger partial charge on any atom is -0.494 e. The SMILES string of the molecule is CCOc1ccc(N2C(=O)C(Cl)=C(Nc3ccc(Br)cc3)C2=O)cc1. The molecule has 1 heterocycles. The predicted molar refractivity (Wildman–Crippen MR) is 101 cm³/mol. The number of benzene rings is 2. The van der Waals surface area contributed by atoms with Crippen LogP contribution in [0.2, 0.25) is 0 Å². The first-order chi connectivity index (χ1) is 12.0. The third kappa shape index (κ3) is 3.55. The lowest BCUT2D eigenvalue weighted by Crippen LogP contribution is -2.32. The van der Waals surface area contributed by atoms with E-state index in [0.29, 0.717) is 23.7 Å². The van der Waals surface area contributed by atoms with Gasteiger partial charge in [0.1, 0.15) is 16.5 Å². The van der Waals surface area contributed by atoms with Crippen molar-refractivity contribution in [2.75, 3.05) is 16.8 Å². The summed E-state index contributed by atoms with van der Waals surface area (Å²) in [7, 11) is 0. The van der Waals surface area contributed by atoms with Crippen LogP contribution in [0.15, 0.2) is 63.7 Å². The monoisotopic (exact) mass is 420 g/mol. The van der Waals surface area contributed by atoms with Gasteiger partial charge in [0.2, 0.25) is 0 Å². The summed E-state index contributed by atoms with van der Waals surface area (Å²) in [5, 5.41) is 2.78. The lowest BCUT2D eigenvalue weighted by molar-refractivity contribution is -0.120. The highest BCUT2D eigenvalue weighted by Crippen LogP contribution is 2.31. The van der Waals surface area contributed by atoms with Crippen LogP contribution in [-0.2, 0) is 9.59 Å². The highest BCUT2D eigenvalue weighted by atomic mass is 79.9. The lowest BCUT2D eigenvalue weighted by atomic mass is 10.2. The topological polar surface area (TPSA) is 58.6 Å². The summed E-state index contributed by atoms with van der Waals surface area (Å²) in [4.78, 5) is 26.1.